The Bertz CT molecular complexity index is 848. The van der Waals surface area contributed by atoms with E-state index in [-0.39, 0.29) is 17.7 Å². The minimum atomic E-state index is -0.920. The lowest BCUT2D eigenvalue weighted by Gasteiger charge is -2.11. The Balaban J connectivity index is 1.58. The second kappa shape index (κ2) is 7.00. The third-order valence-corrected chi connectivity index (χ3v) is 4.45. The molecule has 0 aliphatic carbocycles. The van der Waals surface area contributed by atoms with Gasteiger partial charge in [-0.15, -0.1) is 11.8 Å². The van der Waals surface area contributed by atoms with Crippen molar-refractivity contribution >= 4 is 28.7 Å². The largest absolute Gasteiger partial charge is 0.346 e. The van der Waals surface area contributed by atoms with Crippen LogP contribution in [-0.4, -0.2) is 21.6 Å². The van der Waals surface area contributed by atoms with Crippen LogP contribution in [0.1, 0.15) is 18.8 Å². The Labute approximate surface area is 141 Å². The average Bonchev–Trinajstić information content (AvgIpc) is 3.00. The molecule has 3 aromatic rings. The minimum Gasteiger partial charge on any atom is -0.346 e. The number of benzene rings is 2. The zero-order chi connectivity index (χ0) is 17.1. The maximum Gasteiger partial charge on any atom is 0.230 e. The molecule has 0 spiro atoms. The van der Waals surface area contributed by atoms with Gasteiger partial charge in [0.2, 0.25) is 5.91 Å². The number of para-hydroxylation sites is 2. The van der Waals surface area contributed by atoms with Gasteiger partial charge in [0.05, 0.1) is 22.8 Å². The Kier molecular flexibility index (Phi) is 4.80. The van der Waals surface area contributed by atoms with Gasteiger partial charge in [-0.3, -0.25) is 4.79 Å². The van der Waals surface area contributed by atoms with E-state index in [1.54, 1.807) is 0 Å². The first-order chi connectivity index (χ1) is 11.5. The summed E-state index contributed by atoms with van der Waals surface area (Å²) in [4.78, 5) is 20.1. The van der Waals surface area contributed by atoms with Gasteiger partial charge in [0.25, 0.3) is 0 Å². The van der Waals surface area contributed by atoms with Gasteiger partial charge in [-0.05, 0) is 37.3 Å². The lowest BCUT2D eigenvalue weighted by Crippen LogP contribution is -2.28. The lowest BCUT2D eigenvalue weighted by molar-refractivity contribution is -0.119. The molecular weight excluding hydrogens is 332 g/mol. The normalized spacial score (nSPS) is 12.3. The van der Waals surface area contributed by atoms with Crippen LogP contribution in [0.2, 0.25) is 0 Å². The molecule has 0 bridgehead atoms. The van der Waals surface area contributed by atoms with Gasteiger partial charge < -0.3 is 10.3 Å². The van der Waals surface area contributed by atoms with Gasteiger partial charge in [-0.1, -0.05) is 12.1 Å². The van der Waals surface area contributed by atoms with Gasteiger partial charge in [-0.2, -0.15) is 0 Å². The molecule has 1 heterocycles. The molecule has 0 saturated heterocycles. The van der Waals surface area contributed by atoms with Crippen LogP contribution in [0, 0.1) is 11.6 Å². The Morgan fingerprint density at radius 3 is 2.79 bits per heavy atom. The Morgan fingerprint density at radius 2 is 2.04 bits per heavy atom. The molecule has 0 fully saturated rings. The van der Waals surface area contributed by atoms with E-state index in [2.05, 4.69) is 15.3 Å². The molecule has 0 aliphatic rings. The van der Waals surface area contributed by atoms with Crippen LogP contribution in [0.25, 0.3) is 11.0 Å². The van der Waals surface area contributed by atoms with Gasteiger partial charge in [-0.25, -0.2) is 13.8 Å². The highest BCUT2D eigenvalue weighted by atomic mass is 32.2. The smallest absolute Gasteiger partial charge is 0.230 e. The molecule has 1 aromatic heterocycles. The second-order valence-corrected chi connectivity index (χ2v) is 6.34. The van der Waals surface area contributed by atoms with E-state index in [1.165, 1.54) is 6.07 Å². The van der Waals surface area contributed by atoms with Crippen LogP contribution in [0.15, 0.2) is 47.4 Å². The monoisotopic (exact) mass is 347 g/mol. The fourth-order valence-electron chi connectivity index (χ4n) is 2.24. The average molecular weight is 347 g/mol. The van der Waals surface area contributed by atoms with Crippen LogP contribution in [-0.2, 0) is 4.79 Å². The number of carbonyl (C=O) groups excluding carboxylic acids is 1. The maximum atomic E-state index is 13.1. The van der Waals surface area contributed by atoms with Crippen LogP contribution < -0.4 is 5.32 Å². The van der Waals surface area contributed by atoms with E-state index in [0.717, 1.165) is 34.9 Å². The molecule has 3 rings (SSSR count). The first-order valence-electron chi connectivity index (χ1n) is 7.35. The van der Waals surface area contributed by atoms with Crippen LogP contribution in [0.3, 0.4) is 0 Å². The number of rotatable bonds is 5. The number of nitrogens with one attached hydrogen (secondary N) is 2. The van der Waals surface area contributed by atoms with Crippen LogP contribution >= 0.6 is 11.8 Å². The molecule has 0 radical (unpaired) electrons. The van der Waals surface area contributed by atoms with Crippen molar-refractivity contribution in [2.24, 2.45) is 0 Å². The maximum absolute atomic E-state index is 13.1. The molecule has 0 saturated carbocycles. The van der Waals surface area contributed by atoms with Gasteiger partial charge in [0.15, 0.2) is 11.6 Å². The number of H-pyrrole nitrogens is 1. The van der Waals surface area contributed by atoms with Crippen LogP contribution in [0.4, 0.5) is 8.78 Å². The Hall–Kier alpha value is -2.41. The molecule has 1 amide bonds. The summed E-state index contributed by atoms with van der Waals surface area (Å²) in [5.74, 6) is -1.26. The number of imidazole rings is 1. The molecule has 2 aromatic carbocycles. The van der Waals surface area contributed by atoms with Crippen molar-refractivity contribution in [3.05, 3.63) is 59.9 Å². The first kappa shape index (κ1) is 16.4. The second-order valence-electron chi connectivity index (χ2n) is 5.29. The number of thioether (sulfide) groups is 1. The molecule has 1 atom stereocenters. The molecule has 1 unspecified atom stereocenters. The molecule has 7 heteroatoms. The number of aromatic nitrogens is 2. The topological polar surface area (TPSA) is 57.8 Å². The number of fused-ring (bicyclic) bond motifs is 1. The van der Waals surface area contributed by atoms with E-state index in [9.17, 15) is 13.6 Å². The summed E-state index contributed by atoms with van der Waals surface area (Å²) in [5, 5.41) is 2.83. The number of amides is 1. The zero-order valence-electron chi connectivity index (χ0n) is 12.8. The van der Waals surface area contributed by atoms with Crippen molar-refractivity contribution in [2.45, 2.75) is 17.9 Å². The van der Waals surface area contributed by atoms with Crippen LogP contribution in [0.5, 0.6) is 0 Å². The molecule has 0 aliphatic heterocycles. The quantitative estimate of drug-likeness (QED) is 0.690. The standard InChI is InChI=1S/C17H15F2N3OS/c1-10(17-21-14-4-2-3-5-15(14)22-17)20-16(23)9-24-11-6-7-12(18)13(19)8-11/h2-8,10H,9H2,1H3,(H,20,23)(H,21,22). The highest BCUT2D eigenvalue weighted by Crippen LogP contribution is 2.21. The van der Waals surface area contributed by atoms with E-state index in [1.807, 2.05) is 31.2 Å². The van der Waals surface area contributed by atoms with Crippen molar-refractivity contribution in [3.63, 3.8) is 0 Å². The highest BCUT2D eigenvalue weighted by Gasteiger charge is 2.14. The summed E-state index contributed by atoms with van der Waals surface area (Å²) < 4.78 is 26.0. The first-order valence-corrected chi connectivity index (χ1v) is 8.33. The third-order valence-electron chi connectivity index (χ3n) is 3.46. The molecule has 4 nitrogen and oxygen atoms in total. The predicted octanol–water partition coefficient (Wildman–Crippen LogP) is 3.81. The number of hydrogen-bond acceptors (Lipinski definition) is 3. The summed E-state index contributed by atoms with van der Waals surface area (Å²) >= 11 is 1.14. The van der Waals surface area contributed by atoms with E-state index < -0.39 is 11.6 Å². The van der Waals surface area contributed by atoms with Crippen molar-refractivity contribution in [2.75, 3.05) is 5.75 Å². The molecule has 124 valence electrons. The number of hydrogen-bond donors (Lipinski definition) is 2. The van der Waals surface area contributed by atoms with Crippen molar-refractivity contribution in [1.82, 2.24) is 15.3 Å². The highest BCUT2D eigenvalue weighted by molar-refractivity contribution is 8.00. The summed E-state index contributed by atoms with van der Waals surface area (Å²) in [6.07, 6.45) is 0. The van der Waals surface area contributed by atoms with E-state index in [0.29, 0.717) is 10.7 Å². The van der Waals surface area contributed by atoms with Crippen molar-refractivity contribution < 1.29 is 13.6 Å². The van der Waals surface area contributed by atoms with Crippen molar-refractivity contribution in [1.29, 1.82) is 0 Å². The van der Waals surface area contributed by atoms with Crippen molar-refractivity contribution in [3.8, 4) is 0 Å². The number of nitrogens with zero attached hydrogens (tertiary/aromatic N) is 1. The Morgan fingerprint density at radius 1 is 1.25 bits per heavy atom. The molecular formula is C17H15F2N3OS. The van der Waals surface area contributed by atoms with E-state index in [4.69, 9.17) is 0 Å². The minimum absolute atomic E-state index is 0.107. The number of halogens is 2. The molecule has 24 heavy (non-hydrogen) atoms. The summed E-state index contributed by atoms with van der Waals surface area (Å²) in [6.45, 7) is 1.83. The predicted molar refractivity (Wildman–Crippen MR) is 89.7 cm³/mol. The SMILES string of the molecule is CC(NC(=O)CSc1ccc(F)c(F)c1)c1nc2ccccc2[nH]1. The number of aromatic amines is 1. The summed E-state index contributed by atoms with van der Waals surface area (Å²) in [5.41, 5.74) is 1.74. The summed E-state index contributed by atoms with van der Waals surface area (Å²) in [6, 6.07) is 10.9. The zero-order valence-corrected chi connectivity index (χ0v) is 13.7. The fraction of sp³-hybridized carbons (Fsp3) is 0.176. The fourth-order valence-corrected chi connectivity index (χ4v) is 2.98. The molecule has 2 N–H and O–H groups in total. The lowest BCUT2D eigenvalue weighted by atomic mass is 10.3. The third kappa shape index (κ3) is 3.73. The number of carbonyl (C=O) groups is 1. The van der Waals surface area contributed by atoms with Gasteiger partial charge >= 0.3 is 0 Å². The van der Waals surface area contributed by atoms with E-state index >= 15 is 0 Å². The summed E-state index contributed by atoms with van der Waals surface area (Å²) in [7, 11) is 0. The van der Waals surface area contributed by atoms with Gasteiger partial charge in [0, 0.05) is 4.90 Å². The van der Waals surface area contributed by atoms with Gasteiger partial charge in [0.1, 0.15) is 5.82 Å².